The maximum atomic E-state index is 10.3. The quantitative estimate of drug-likeness (QED) is 0.417. The molecule has 0 saturated heterocycles. The molecule has 4 nitrogen and oxygen atoms in total. The van der Waals surface area contributed by atoms with Gasteiger partial charge in [0.05, 0.1) is 10.6 Å². The molecule has 68 valence electrons. The van der Waals surface area contributed by atoms with E-state index in [4.69, 9.17) is 11.6 Å². The second kappa shape index (κ2) is 4.00. The third kappa shape index (κ3) is 2.83. The molecule has 0 N–H and O–H groups in total. The Morgan fingerprint density at radius 1 is 1.46 bits per heavy atom. The molecule has 0 amide bonds. The number of nitro groups is 1. The van der Waals surface area contributed by atoms with Crippen molar-refractivity contribution in [2.75, 3.05) is 0 Å². The standard InChI is InChI=1S/C8H7ClN2O2/c1-6(9)10-7-2-4-8(5-3-7)11(12)13/h2-5H,1H3. The number of non-ortho nitro benzene ring substituents is 1. The van der Waals surface area contributed by atoms with E-state index in [0.717, 1.165) is 0 Å². The van der Waals surface area contributed by atoms with E-state index in [1.165, 1.54) is 12.1 Å². The van der Waals surface area contributed by atoms with Crippen LogP contribution in [0.2, 0.25) is 0 Å². The summed E-state index contributed by atoms with van der Waals surface area (Å²) >= 11 is 5.53. The van der Waals surface area contributed by atoms with Crippen LogP contribution in [0, 0.1) is 10.1 Å². The number of hydrogen-bond acceptors (Lipinski definition) is 3. The average molecular weight is 199 g/mol. The number of nitro benzene ring substituents is 1. The molecule has 0 saturated carbocycles. The molecule has 0 aliphatic carbocycles. The highest BCUT2D eigenvalue weighted by Gasteiger charge is 2.02. The van der Waals surface area contributed by atoms with Crippen molar-refractivity contribution in [1.29, 1.82) is 0 Å². The minimum absolute atomic E-state index is 0.0474. The first-order chi connectivity index (χ1) is 6.09. The lowest BCUT2D eigenvalue weighted by Gasteiger charge is -1.93. The summed E-state index contributed by atoms with van der Waals surface area (Å²) in [6.45, 7) is 1.64. The molecule has 0 aliphatic rings. The maximum absolute atomic E-state index is 10.3. The summed E-state index contributed by atoms with van der Waals surface area (Å²) in [5.41, 5.74) is 0.657. The Hall–Kier alpha value is -1.42. The number of rotatable bonds is 2. The molecule has 13 heavy (non-hydrogen) atoms. The third-order valence-corrected chi connectivity index (χ3v) is 1.43. The summed E-state index contributed by atoms with van der Waals surface area (Å²) in [4.78, 5) is 13.7. The lowest BCUT2D eigenvalue weighted by Crippen LogP contribution is -1.85. The van der Waals surface area contributed by atoms with Crippen molar-refractivity contribution in [2.24, 2.45) is 4.99 Å². The first-order valence-corrected chi connectivity index (χ1v) is 3.92. The van der Waals surface area contributed by atoms with Gasteiger partial charge in [-0.3, -0.25) is 10.1 Å². The van der Waals surface area contributed by atoms with Crippen molar-refractivity contribution in [1.82, 2.24) is 0 Å². The Morgan fingerprint density at radius 2 is 2.00 bits per heavy atom. The predicted octanol–water partition coefficient (Wildman–Crippen LogP) is 2.88. The average Bonchev–Trinajstić information content (AvgIpc) is 2.04. The molecule has 0 heterocycles. The minimum atomic E-state index is -0.457. The van der Waals surface area contributed by atoms with Crippen LogP contribution in [0.1, 0.15) is 6.92 Å². The van der Waals surface area contributed by atoms with E-state index in [0.29, 0.717) is 10.9 Å². The smallest absolute Gasteiger partial charge is 0.258 e. The highest BCUT2D eigenvalue weighted by atomic mass is 35.5. The fourth-order valence-electron chi connectivity index (χ4n) is 0.827. The minimum Gasteiger partial charge on any atom is -0.258 e. The molecular weight excluding hydrogens is 192 g/mol. The Labute approximate surface area is 80.0 Å². The molecule has 0 aliphatic heterocycles. The molecule has 0 unspecified atom stereocenters. The largest absolute Gasteiger partial charge is 0.269 e. The molecule has 1 aromatic carbocycles. The normalized spacial score (nSPS) is 11.4. The van der Waals surface area contributed by atoms with Crippen molar-refractivity contribution in [3.05, 3.63) is 34.4 Å². The van der Waals surface area contributed by atoms with Crippen LogP contribution in [0.4, 0.5) is 11.4 Å². The van der Waals surface area contributed by atoms with Crippen molar-refractivity contribution < 1.29 is 4.92 Å². The van der Waals surface area contributed by atoms with Crippen LogP contribution >= 0.6 is 11.6 Å². The molecule has 0 radical (unpaired) electrons. The van der Waals surface area contributed by atoms with Crippen LogP contribution in [-0.2, 0) is 0 Å². The van der Waals surface area contributed by atoms with Crippen LogP contribution in [0.25, 0.3) is 0 Å². The van der Waals surface area contributed by atoms with Gasteiger partial charge in [-0.2, -0.15) is 0 Å². The summed E-state index contributed by atoms with van der Waals surface area (Å²) in [5, 5.41) is 10.7. The van der Waals surface area contributed by atoms with E-state index in [-0.39, 0.29) is 5.69 Å². The maximum Gasteiger partial charge on any atom is 0.269 e. The fraction of sp³-hybridized carbons (Fsp3) is 0.125. The Balaban J connectivity index is 2.94. The monoisotopic (exact) mass is 198 g/mol. The van der Waals surface area contributed by atoms with Crippen molar-refractivity contribution in [2.45, 2.75) is 6.92 Å². The van der Waals surface area contributed by atoms with E-state index in [1.54, 1.807) is 19.1 Å². The molecular formula is C8H7ClN2O2. The molecule has 0 fully saturated rings. The van der Waals surface area contributed by atoms with E-state index in [9.17, 15) is 10.1 Å². The topological polar surface area (TPSA) is 55.5 Å². The van der Waals surface area contributed by atoms with Gasteiger partial charge in [-0.15, -0.1) is 0 Å². The summed E-state index contributed by atoms with van der Waals surface area (Å²) in [6.07, 6.45) is 0. The third-order valence-electron chi connectivity index (χ3n) is 1.34. The number of halogens is 1. The van der Waals surface area contributed by atoms with Crippen LogP contribution < -0.4 is 0 Å². The SMILES string of the molecule is CC(Cl)=Nc1ccc([N+](=O)[O-])cc1. The van der Waals surface area contributed by atoms with Crippen molar-refractivity contribution >= 4 is 28.1 Å². The zero-order valence-electron chi connectivity index (χ0n) is 6.90. The van der Waals surface area contributed by atoms with Gasteiger partial charge >= 0.3 is 0 Å². The number of nitrogens with zero attached hydrogens (tertiary/aromatic N) is 2. The van der Waals surface area contributed by atoms with Gasteiger partial charge in [0, 0.05) is 12.1 Å². The van der Waals surface area contributed by atoms with E-state index in [2.05, 4.69) is 4.99 Å². The van der Waals surface area contributed by atoms with Gasteiger partial charge in [0.1, 0.15) is 5.17 Å². The Morgan fingerprint density at radius 3 is 2.38 bits per heavy atom. The first-order valence-electron chi connectivity index (χ1n) is 3.55. The molecule has 0 spiro atoms. The van der Waals surface area contributed by atoms with Gasteiger partial charge in [-0.25, -0.2) is 4.99 Å². The van der Waals surface area contributed by atoms with Crippen LogP contribution in [0.15, 0.2) is 29.3 Å². The zero-order chi connectivity index (χ0) is 9.84. The highest BCUT2D eigenvalue weighted by molar-refractivity contribution is 6.65. The number of benzene rings is 1. The molecule has 0 aromatic heterocycles. The lowest BCUT2D eigenvalue weighted by molar-refractivity contribution is -0.384. The predicted molar refractivity (Wildman–Crippen MR) is 51.7 cm³/mol. The van der Waals surface area contributed by atoms with Crippen LogP contribution in [-0.4, -0.2) is 10.1 Å². The van der Waals surface area contributed by atoms with E-state index >= 15 is 0 Å². The number of hydrogen-bond donors (Lipinski definition) is 0. The van der Waals surface area contributed by atoms with Crippen molar-refractivity contribution in [3.63, 3.8) is 0 Å². The van der Waals surface area contributed by atoms with Gasteiger partial charge < -0.3 is 0 Å². The van der Waals surface area contributed by atoms with Crippen molar-refractivity contribution in [3.8, 4) is 0 Å². The summed E-state index contributed by atoms with van der Waals surface area (Å²) in [6, 6.07) is 5.87. The van der Waals surface area contributed by atoms with Gasteiger partial charge in [0.2, 0.25) is 0 Å². The number of aliphatic imine (C=N–C) groups is 1. The molecule has 5 heteroatoms. The van der Waals surface area contributed by atoms with Gasteiger partial charge in [0.15, 0.2) is 0 Å². The van der Waals surface area contributed by atoms with Crippen LogP contribution in [0.3, 0.4) is 0 Å². The first kappa shape index (κ1) is 9.67. The molecule has 1 rings (SSSR count). The molecule has 0 bridgehead atoms. The van der Waals surface area contributed by atoms with Crippen LogP contribution in [0.5, 0.6) is 0 Å². The second-order valence-corrected chi connectivity index (χ2v) is 2.93. The van der Waals surface area contributed by atoms with Gasteiger partial charge in [-0.1, -0.05) is 11.6 Å². The summed E-state index contributed by atoms with van der Waals surface area (Å²) < 4.78 is 0. The van der Waals surface area contributed by atoms with Gasteiger partial charge in [-0.05, 0) is 19.1 Å². The fourth-order valence-corrected chi connectivity index (χ4v) is 0.924. The Kier molecular flexibility index (Phi) is 2.97. The Bertz CT molecular complexity index is 342. The van der Waals surface area contributed by atoms with E-state index < -0.39 is 4.92 Å². The molecule has 0 atom stereocenters. The zero-order valence-corrected chi connectivity index (χ0v) is 7.65. The summed E-state index contributed by atoms with van der Waals surface area (Å²) in [7, 11) is 0. The second-order valence-electron chi connectivity index (χ2n) is 2.38. The lowest BCUT2D eigenvalue weighted by atomic mass is 10.3. The summed E-state index contributed by atoms with van der Waals surface area (Å²) in [5.74, 6) is 0. The highest BCUT2D eigenvalue weighted by Crippen LogP contribution is 2.18. The van der Waals surface area contributed by atoms with Gasteiger partial charge in [0.25, 0.3) is 5.69 Å². The molecule has 1 aromatic rings. The van der Waals surface area contributed by atoms with E-state index in [1.807, 2.05) is 0 Å².